The van der Waals surface area contributed by atoms with Gasteiger partial charge in [-0.3, -0.25) is 0 Å². The van der Waals surface area contributed by atoms with E-state index >= 15 is 0 Å². The van der Waals surface area contributed by atoms with Crippen molar-refractivity contribution in [2.75, 3.05) is 29.8 Å². The molecule has 2 aliphatic heterocycles. The number of allylic oxidation sites excluding steroid dienone is 2. The van der Waals surface area contributed by atoms with Crippen LogP contribution in [0, 0.1) is 0 Å². The number of anilines is 2. The van der Waals surface area contributed by atoms with Gasteiger partial charge in [0.25, 0.3) is 0 Å². The summed E-state index contributed by atoms with van der Waals surface area (Å²) in [5, 5.41) is 0. The van der Waals surface area contributed by atoms with Crippen LogP contribution in [0.3, 0.4) is 0 Å². The Kier molecular flexibility index (Phi) is 10.5. The van der Waals surface area contributed by atoms with E-state index in [1.807, 2.05) is 12.1 Å². The molecule has 0 saturated carbocycles. The van der Waals surface area contributed by atoms with E-state index in [0.29, 0.717) is 13.5 Å². The van der Waals surface area contributed by atoms with Gasteiger partial charge < -0.3 is 19.3 Å². The molecule has 4 nitrogen and oxygen atoms in total. The number of para-hydroxylation sites is 1. The predicted molar refractivity (Wildman–Crippen MR) is 164 cm³/mol. The maximum Gasteiger partial charge on any atom is 0.161 e. The van der Waals surface area contributed by atoms with Crippen molar-refractivity contribution in [2.45, 2.75) is 66.3 Å². The second-order valence-corrected chi connectivity index (χ2v) is 10.4. The highest BCUT2D eigenvalue weighted by Gasteiger charge is 2.20. The zero-order valence-corrected chi connectivity index (χ0v) is 24.2. The number of nitrogens with zero attached hydrogens (tertiary/aromatic N) is 2. The maximum absolute atomic E-state index is 5.96. The molecule has 206 valence electrons. The lowest BCUT2D eigenvalue weighted by atomic mass is 10.0. The average Bonchev–Trinajstić information content (AvgIpc) is 2.98. The lowest BCUT2D eigenvalue weighted by molar-refractivity contribution is 0.203. The Bertz CT molecular complexity index is 1230. The van der Waals surface area contributed by atoms with E-state index in [-0.39, 0.29) is 0 Å². The van der Waals surface area contributed by atoms with Crippen LogP contribution in [0.15, 0.2) is 96.3 Å². The number of hydrogen-bond donors (Lipinski definition) is 0. The van der Waals surface area contributed by atoms with Crippen molar-refractivity contribution in [1.29, 1.82) is 0 Å². The quantitative estimate of drug-likeness (QED) is 0.340. The molecule has 3 aliphatic rings. The lowest BCUT2D eigenvalue weighted by Crippen LogP contribution is -2.33. The van der Waals surface area contributed by atoms with Crippen LogP contribution < -0.4 is 14.5 Å². The summed E-state index contributed by atoms with van der Waals surface area (Å²) in [4.78, 5) is 4.58. The zero-order chi connectivity index (χ0) is 27.5. The van der Waals surface area contributed by atoms with Crippen molar-refractivity contribution in [3.8, 4) is 5.75 Å². The molecule has 0 N–H and O–H groups in total. The minimum atomic E-state index is 0.590. The summed E-state index contributed by atoms with van der Waals surface area (Å²) < 4.78 is 11.9. The summed E-state index contributed by atoms with van der Waals surface area (Å²) in [6, 6.07) is 26.1. The van der Waals surface area contributed by atoms with Crippen molar-refractivity contribution >= 4 is 11.4 Å². The lowest BCUT2D eigenvalue weighted by Gasteiger charge is -2.33. The number of fused-ring (bicyclic) bond motifs is 1. The topological polar surface area (TPSA) is 24.9 Å². The van der Waals surface area contributed by atoms with Gasteiger partial charge in [0, 0.05) is 30.0 Å². The van der Waals surface area contributed by atoms with Crippen LogP contribution >= 0.6 is 0 Å². The molecule has 4 heteroatoms. The third-order valence-corrected chi connectivity index (χ3v) is 6.71. The molecular weight excluding hydrogens is 480 g/mol. The highest BCUT2D eigenvalue weighted by atomic mass is 16.5. The Morgan fingerprint density at radius 3 is 1.87 bits per heavy atom. The van der Waals surface area contributed by atoms with Gasteiger partial charge in [-0.1, -0.05) is 89.1 Å². The Morgan fingerprint density at radius 2 is 1.23 bits per heavy atom. The van der Waals surface area contributed by atoms with Gasteiger partial charge in [-0.2, -0.15) is 0 Å². The van der Waals surface area contributed by atoms with Crippen molar-refractivity contribution in [3.05, 3.63) is 113 Å². The monoisotopic (exact) mass is 524 g/mol. The SMILES string of the molecule is C1=CC2=C(CC1)CN(c1ccc(Cc3ccc(N4COc5ccccc5C4)cc3)cc1)CO2.CCC.CCC. The normalized spacial score (nSPS) is 15.5. The minimum Gasteiger partial charge on any atom is -0.473 e. The van der Waals surface area contributed by atoms with Crippen LogP contribution in [-0.2, 0) is 17.7 Å². The summed E-state index contributed by atoms with van der Waals surface area (Å²) in [5.41, 5.74) is 7.70. The van der Waals surface area contributed by atoms with Gasteiger partial charge in [0.15, 0.2) is 13.5 Å². The predicted octanol–water partition coefficient (Wildman–Crippen LogP) is 8.86. The Hall–Kier alpha value is -3.66. The average molecular weight is 525 g/mol. The Labute approximate surface area is 235 Å². The van der Waals surface area contributed by atoms with E-state index in [1.165, 1.54) is 46.5 Å². The van der Waals surface area contributed by atoms with Gasteiger partial charge in [-0.05, 0) is 72.4 Å². The molecule has 0 unspecified atom stereocenters. The van der Waals surface area contributed by atoms with Crippen molar-refractivity contribution in [2.24, 2.45) is 0 Å². The van der Waals surface area contributed by atoms with Crippen LogP contribution in [0.2, 0.25) is 0 Å². The van der Waals surface area contributed by atoms with Crippen LogP contribution in [0.5, 0.6) is 5.75 Å². The molecule has 0 bridgehead atoms. The first-order valence-corrected chi connectivity index (χ1v) is 14.5. The molecule has 1 aliphatic carbocycles. The zero-order valence-electron chi connectivity index (χ0n) is 24.2. The summed E-state index contributed by atoms with van der Waals surface area (Å²) in [5.74, 6) is 2.08. The smallest absolute Gasteiger partial charge is 0.161 e. The van der Waals surface area contributed by atoms with Gasteiger partial charge in [-0.25, -0.2) is 0 Å². The van der Waals surface area contributed by atoms with Crippen LogP contribution in [0.1, 0.15) is 70.1 Å². The van der Waals surface area contributed by atoms with Crippen LogP contribution in [0.25, 0.3) is 0 Å². The van der Waals surface area contributed by atoms with Gasteiger partial charge >= 0.3 is 0 Å². The molecule has 3 aromatic rings. The number of rotatable bonds is 4. The van der Waals surface area contributed by atoms with Gasteiger partial charge in [-0.15, -0.1) is 0 Å². The fourth-order valence-electron chi connectivity index (χ4n) is 4.81. The molecule has 0 aromatic heterocycles. The van der Waals surface area contributed by atoms with Crippen molar-refractivity contribution in [1.82, 2.24) is 0 Å². The number of ether oxygens (including phenoxy) is 2. The number of hydrogen-bond acceptors (Lipinski definition) is 4. The third-order valence-electron chi connectivity index (χ3n) is 6.71. The van der Waals surface area contributed by atoms with Crippen LogP contribution in [-0.4, -0.2) is 20.0 Å². The van der Waals surface area contributed by atoms with Gasteiger partial charge in [0.05, 0.1) is 0 Å². The van der Waals surface area contributed by atoms with E-state index in [1.54, 1.807) is 0 Å². The number of benzene rings is 3. The molecule has 39 heavy (non-hydrogen) atoms. The first kappa shape index (κ1) is 28.4. The minimum absolute atomic E-state index is 0.590. The molecular formula is C35H44N2O2. The molecule has 0 atom stereocenters. The van der Waals surface area contributed by atoms with Crippen molar-refractivity contribution < 1.29 is 9.47 Å². The van der Waals surface area contributed by atoms with Gasteiger partial charge in [0.1, 0.15) is 11.5 Å². The Morgan fingerprint density at radius 1 is 0.667 bits per heavy atom. The van der Waals surface area contributed by atoms with E-state index in [9.17, 15) is 0 Å². The van der Waals surface area contributed by atoms with Crippen molar-refractivity contribution in [3.63, 3.8) is 0 Å². The third kappa shape index (κ3) is 7.69. The van der Waals surface area contributed by atoms with E-state index in [2.05, 4.69) is 110 Å². The highest BCUT2D eigenvalue weighted by Crippen LogP contribution is 2.30. The first-order chi connectivity index (χ1) is 19.1. The second kappa shape index (κ2) is 14.5. The standard InChI is InChI=1S/C29H28N2O2.2C3H8/c1-3-7-28-24(5-1)18-30(20-32-28)26-13-9-22(10-14-26)17-23-11-15-27(16-12-23)31-19-25-6-2-4-8-29(25)33-21-31;2*1-3-2/h1,3-5,7-16H,2,6,17-21H2;2*3H2,1-2H3. The highest BCUT2D eigenvalue weighted by molar-refractivity contribution is 5.53. The molecule has 2 heterocycles. The molecule has 0 radical (unpaired) electrons. The molecule has 3 aromatic carbocycles. The Balaban J connectivity index is 0.000000541. The molecule has 0 fully saturated rings. The summed E-state index contributed by atoms with van der Waals surface area (Å²) >= 11 is 0. The summed E-state index contributed by atoms with van der Waals surface area (Å²) in [6.45, 7) is 11.6. The fraction of sp³-hybridized carbons (Fsp3) is 0.371. The van der Waals surface area contributed by atoms with E-state index < -0.39 is 0 Å². The molecule has 0 saturated heterocycles. The molecule has 6 rings (SSSR count). The first-order valence-electron chi connectivity index (χ1n) is 14.5. The largest absolute Gasteiger partial charge is 0.473 e. The summed E-state index contributed by atoms with van der Waals surface area (Å²) in [6.07, 6.45) is 9.98. The van der Waals surface area contributed by atoms with E-state index in [4.69, 9.17) is 9.47 Å². The second-order valence-electron chi connectivity index (χ2n) is 10.4. The van der Waals surface area contributed by atoms with E-state index in [0.717, 1.165) is 43.9 Å². The maximum atomic E-state index is 5.96. The molecule has 0 spiro atoms. The molecule has 0 amide bonds. The van der Waals surface area contributed by atoms with Gasteiger partial charge in [0.2, 0.25) is 0 Å². The fourth-order valence-corrected chi connectivity index (χ4v) is 4.81. The van der Waals surface area contributed by atoms with Crippen LogP contribution in [0.4, 0.5) is 11.4 Å². The summed E-state index contributed by atoms with van der Waals surface area (Å²) in [7, 11) is 0.